The zero-order chi connectivity index (χ0) is 7.30. The number of ketones is 1. The molecule has 0 aromatic rings. The van der Waals surface area contributed by atoms with Gasteiger partial charge in [-0.3, -0.25) is 9.69 Å². The highest BCUT2D eigenvalue weighted by molar-refractivity contribution is 5.86. The van der Waals surface area contributed by atoms with E-state index in [9.17, 15) is 4.79 Å². The van der Waals surface area contributed by atoms with Gasteiger partial charge in [-0.05, 0) is 13.8 Å². The molecule has 0 aromatic heterocycles. The summed E-state index contributed by atoms with van der Waals surface area (Å²) >= 11 is 0. The van der Waals surface area contributed by atoms with Crippen LogP contribution in [0.15, 0.2) is 11.6 Å². The standard InChI is InChI=1S/C8H11NO/c1-5-3-4-9-7(5)8(9)6(2)10/h3,7-8H,4H2,1-2H3. The number of carbonyl (C=O) groups excluding carboxylic acids is 1. The van der Waals surface area contributed by atoms with Gasteiger partial charge in [0.2, 0.25) is 0 Å². The highest BCUT2D eigenvalue weighted by Crippen LogP contribution is 2.38. The lowest BCUT2D eigenvalue weighted by molar-refractivity contribution is -0.117. The topological polar surface area (TPSA) is 20.1 Å². The number of carbonyl (C=O) groups is 1. The molecule has 2 heterocycles. The molecule has 0 amide bonds. The number of Topliss-reactive ketones (excluding diaryl/α,β-unsaturated/α-hetero) is 1. The number of fused-ring (bicyclic) bond motifs is 1. The lowest BCUT2D eigenvalue weighted by Gasteiger charge is -1.93. The van der Waals surface area contributed by atoms with Crippen molar-refractivity contribution in [3.05, 3.63) is 11.6 Å². The Hall–Kier alpha value is -0.630. The van der Waals surface area contributed by atoms with Crippen LogP contribution in [0, 0.1) is 0 Å². The third kappa shape index (κ3) is 0.598. The number of hydrogen-bond acceptors (Lipinski definition) is 2. The quantitative estimate of drug-likeness (QED) is 0.389. The summed E-state index contributed by atoms with van der Waals surface area (Å²) in [4.78, 5) is 13.1. The number of hydrogen-bond donors (Lipinski definition) is 0. The summed E-state index contributed by atoms with van der Waals surface area (Å²) < 4.78 is 0. The molecule has 1 fully saturated rings. The minimum absolute atomic E-state index is 0.241. The molecule has 0 saturated carbocycles. The predicted molar refractivity (Wildman–Crippen MR) is 38.7 cm³/mol. The average molecular weight is 137 g/mol. The molecular formula is C8H11NO. The molecule has 3 unspecified atom stereocenters. The summed E-state index contributed by atoms with van der Waals surface area (Å²) in [5, 5.41) is 0. The van der Waals surface area contributed by atoms with E-state index < -0.39 is 0 Å². The maximum absolute atomic E-state index is 10.9. The molecule has 0 aromatic carbocycles. The largest absolute Gasteiger partial charge is 0.298 e. The van der Waals surface area contributed by atoms with Gasteiger partial charge in [0.05, 0.1) is 12.1 Å². The van der Waals surface area contributed by atoms with Crippen LogP contribution >= 0.6 is 0 Å². The van der Waals surface area contributed by atoms with Crippen molar-refractivity contribution in [3.63, 3.8) is 0 Å². The van der Waals surface area contributed by atoms with E-state index in [2.05, 4.69) is 17.9 Å². The first-order valence-electron chi connectivity index (χ1n) is 3.64. The summed E-state index contributed by atoms with van der Waals surface area (Å²) in [6.07, 6.45) is 2.20. The first-order chi connectivity index (χ1) is 4.72. The van der Waals surface area contributed by atoms with Crippen molar-refractivity contribution in [3.8, 4) is 0 Å². The summed E-state index contributed by atoms with van der Waals surface area (Å²) in [6.45, 7) is 4.77. The summed E-state index contributed by atoms with van der Waals surface area (Å²) in [6, 6.07) is 0.725. The highest BCUT2D eigenvalue weighted by Gasteiger charge is 2.53. The van der Waals surface area contributed by atoms with Gasteiger partial charge >= 0.3 is 0 Å². The van der Waals surface area contributed by atoms with Gasteiger partial charge in [0.15, 0.2) is 0 Å². The van der Waals surface area contributed by atoms with Gasteiger partial charge < -0.3 is 0 Å². The second-order valence-corrected chi connectivity index (χ2v) is 3.15. The molecule has 2 aliphatic heterocycles. The van der Waals surface area contributed by atoms with Crippen LogP contribution < -0.4 is 0 Å². The van der Waals surface area contributed by atoms with Gasteiger partial charge in [-0.25, -0.2) is 0 Å². The van der Waals surface area contributed by atoms with Crippen molar-refractivity contribution < 1.29 is 4.79 Å². The van der Waals surface area contributed by atoms with E-state index in [0.29, 0.717) is 11.8 Å². The number of nitrogens with zero attached hydrogens (tertiary/aromatic N) is 1. The van der Waals surface area contributed by atoms with E-state index in [1.54, 1.807) is 6.92 Å². The predicted octanol–water partition coefficient (Wildman–Crippen LogP) is 0.588. The van der Waals surface area contributed by atoms with Crippen molar-refractivity contribution in [1.82, 2.24) is 4.90 Å². The molecule has 0 aliphatic carbocycles. The van der Waals surface area contributed by atoms with E-state index in [0.717, 1.165) is 6.54 Å². The summed E-state index contributed by atoms with van der Waals surface area (Å²) in [5.74, 6) is 0.317. The molecule has 1 saturated heterocycles. The van der Waals surface area contributed by atoms with E-state index in [-0.39, 0.29) is 6.04 Å². The smallest absolute Gasteiger partial charge is 0.148 e. The Labute approximate surface area is 60.5 Å². The van der Waals surface area contributed by atoms with Crippen LogP contribution in [0.2, 0.25) is 0 Å². The Kier molecular flexibility index (Phi) is 1.04. The Morgan fingerprint density at radius 1 is 1.80 bits per heavy atom. The zero-order valence-corrected chi connectivity index (χ0v) is 6.29. The Balaban J connectivity index is 2.13. The molecule has 3 atom stereocenters. The third-order valence-electron chi connectivity index (χ3n) is 2.43. The molecule has 2 heteroatoms. The second-order valence-electron chi connectivity index (χ2n) is 3.15. The van der Waals surface area contributed by atoms with Gasteiger partial charge in [-0.1, -0.05) is 11.6 Å². The average Bonchev–Trinajstić information content (AvgIpc) is 2.48. The lowest BCUT2D eigenvalue weighted by Crippen LogP contribution is -2.10. The van der Waals surface area contributed by atoms with Gasteiger partial charge in [-0.2, -0.15) is 0 Å². The summed E-state index contributed by atoms with van der Waals surface area (Å²) in [7, 11) is 0. The normalized spacial score (nSPS) is 42.6. The molecule has 0 bridgehead atoms. The van der Waals surface area contributed by atoms with Crippen LogP contribution in [0.25, 0.3) is 0 Å². The fourth-order valence-corrected chi connectivity index (χ4v) is 1.84. The Morgan fingerprint density at radius 3 is 2.80 bits per heavy atom. The van der Waals surface area contributed by atoms with Crippen LogP contribution in [0.4, 0.5) is 0 Å². The first-order valence-corrected chi connectivity index (χ1v) is 3.64. The maximum atomic E-state index is 10.9. The molecule has 10 heavy (non-hydrogen) atoms. The van der Waals surface area contributed by atoms with Gasteiger partial charge in [0.25, 0.3) is 0 Å². The van der Waals surface area contributed by atoms with E-state index in [1.807, 2.05) is 0 Å². The minimum Gasteiger partial charge on any atom is -0.298 e. The van der Waals surface area contributed by atoms with Gasteiger partial charge in [0, 0.05) is 6.54 Å². The molecule has 2 nitrogen and oxygen atoms in total. The monoisotopic (exact) mass is 137 g/mol. The van der Waals surface area contributed by atoms with Crippen molar-refractivity contribution in [1.29, 1.82) is 0 Å². The second kappa shape index (κ2) is 1.70. The van der Waals surface area contributed by atoms with E-state index in [1.165, 1.54) is 5.57 Å². The SMILES string of the molecule is CC(=O)C1C2C(C)=CCN12. The van der Waals surface area contributed by atoms with Crippen LogP contribution in [0.1, 0.15) is 13.8 Å². The van der Waals surface area contributed by atoms with E-state index in [4.69, 9.17) is 0 Å². The molecular weight excluding hydrogens is 126 g/mol. The fourth-order valence-electron chi connectivity index (χ4n) is 1.84. The van der Waals surface area contributed by atoms with Crippen molar-refractivity contribution in [2.45, 2.75) is 25.9 Å². The molecule has 0 N–H and O–H groups in total. The van der Waals surface area contributed by atoms with Crippen LogP contribution in [-0.4, -0.2) is 29.3 Å². The van der Waals surface area contributed by atoms with Crippen LogP contribution in [0.3, 0.4) is 0 Å². The molecule has 0 radical (unpaired) electrons. The lowest BCUT2D eigenvalue weighted by atomic mass is 10.1. The third-order valence-corrected chi connectivity index (χ3v) is 2.43. The zero-order valence-electron chi connectivity index (χ0n) is 6.29. The highest BCUT2D eigenvalue weighted by atomic mass is 16.1. The van der Waals surface area contributed by atoms with Gasteiger partial charge in [-0.15, -0.1) is 0 Å². The molecule has 2 rings (SSSR count). The summed E-state index contributed by atoms with van der Waals surface area (Å²) in [5.41, 5.74) is 1.38. The van der Waals surface area contributed by atoms with Gasteiger partial charge in [0.1, 0.15) is 5.78 Å². The van der Waals surface area contributed by atoms with E-state index >= 15 is 0 Å². The van der Waals surface area contributed by atoms with Crippen molar-refractivity contribution in [2.75, 3.05) is 6.54 Å². The molecule has 0 spiro atoms. The Morgan fingerprint density at radius 2 is 2.50 bits per heavy atom. The Bertz CT molecular complexity index is 215. The molecule has 54 valence electrons. The van der Waals surface area contributed by atoms with Crippen molar-refractivity contribution in [2.24, 2.45) is 0 Å². The molecule has 2 aliphatic rings. The van der Waals surface area contributed by atoms with Crippen LogP contribution in [0.5, 0.6) is 0 Å². The fraction of sp³-hybridized carbons (Fsp3) is 0.625. The van der Waals surface area contributed by atoms with Crippen LogP contribution in [-0.2, 0) is 4.79 Å². The number of rotatable bonds is 1. The first kappa shape index (κ1) is 6.10. The van der Waals surface area contributed by atoms with Crippen molar-refractivity contribution >= 4 is 5.78 Å². The minimum atomic E-state index is 0.241. The maximum Gasteiger partial charge on any atom is 0.148 e.